The van der Waals surface area contributed by atoms with Crippen LogP contribution < -0.4 is 0 Å². The lowest BCUT2D eigenvalue weighted by atomic mass is 9.95. The van der Waals surface area contributed by atoms with Crippen LogP contribution in [0.5, 0.6) is 0 Å². The van der Waals surface area contributed by atoms with Gasteiger partial charge in [-0.3, -0.25) is 9.59 Å². The first kappa shape index (κ1) is 19.4. The van der Waals surface area contributed by atoms with Gasteiger partial charge in [-0.05, 0) is 42.0 Å². The number of carbonyl (C=O) groups is 2. The van der Waals surface area contributed by atoms with Crippen LogP contribution in [0.2, 0.25) is 10.0 Å². The zero-order chi connectivity index (χ0) is 19.6. The van der Waals surface area contributed by atoms with E-state index in [2.05, 4.69) is 0 Å². The number of methoxy groups -OCH3 is 1. The monoisotopic (exact) mass is 405 g/mol. The minimum Gasteiger partial charge on any atom is -0.507 e. The van der Waals surface area contributed by atoms with Gasteiger partial charge in [-0.2, -0.15) is 0 Å². The molecule has 1 amide bonds. The molecule has 0 aliphatic carbocycles. The van der Waals surface area contributed by atoms with Crippen molar-refractivity contribution < 1.29 is 19.4 Å². The lowest BCUT2D eigenvalue weighted by Crippen LogP contribution is -2.32. The zero-order valence-electron chi connectivity index (χ0n) is 14.5. The third-order valence-corrected chi connectivity index (χ3v) is 4.85. The Hall–Kier alpha value is -2.34. The molecule has 0 radical (unpaired) electrons. The summed E-state index contributed by atoms with van der Waals surface area (Å²) in [7, 11) is 1.51. The Bertz CT molecular complexity index is 908. The summed E-state index contributed by atoms with van der Waals surface area (Å²) < 4.78 is 5.06. The third kappa shape index (κ3) is 3.86. The molecule has 0 saturated carbocycles. The van der Waals surface area contributed by atoms with E-state index < -0.39 is 17.7 Å². The number of ether oxygens (including phenoxy) is 1. The fraction of sp³-hybridized carbons (Fsp3) is 0.200. The predicted octanol–water partition coefficient (Wildman–Crippen LogP) is 4.06. The summed E-state index contributed by atoms with van der Waals surface area (Å²) in [5.41, 5.74) is 1.05. The Balaban J connectivity index is 2.16. The molecule has 1 heterocycles. The van der Waals surface area contributed by atoms with E-state index in [1.54, 1.807) is 48.5 Å². The van der Waals surface area contributed by atoms with E-state index in [1.165, 1.54) is 12.0 Å². The highest BCUT2D eigenvalue weighted by atomic mass is 35.5. The van der Waals surface area contributed by atoms with Crippen molar-refractivity contribution in [1.29, 1.82) is 0 Å². The van der Waals surface area contributed by atoms with Crippen LogP contribution in [0.1, 0.15) is 17.2 Å². The Labute approximate surface area is 166 Å². The van der Waals surface area contributed by atoms with Gasteiger partial charge in [-0.25, -0.2) is 0 Å². The molecule has 2 aromatic rings. The van der Waals surface area contributed by atoms with Crippen molar-refractivity contribution in [2.24, 2.45) is 0 Å². The first-order valence-electron chi connectivity index (χ1n) is 8.22. The van der Waals surface area contributed by atoms with Crippen LogP contribution in [0.4, 0.5) is 0 Å². The lowest BCUT2D eigenvalue weighted by molar-refractivity contribution is -0.140. The molecule has 1 N–H and O–H groups in total. The van der Waals surface area contributed by atoms with Gasteiger partial charge in [0.15, 0.2) is 0 Å². The summed E-state index contributed by atoms with van der Waals surface area (Å²) in [6.45, 7) is 0.459. The fourth-order valence-corrected chi connectivity index (χ4v) is 3.41. The molecular weight excluding hydrogens is 389 g/mol. The number of rotatable bonds is 5. The van der Waals surface area contributed by atoms with Gasteiger partial charge in [0, 0.05) is 29.3 Å². The molecule has 1 unspecified atom stereocenters. The zero-order valence-corrected chi connectivity index (χ0v) is 16.0. The Morgan fingerprint density at radius 3 is 2.44 bits per heavy atom. The molecule has 1 atom stereocenters. The average Bonchev–Trinajstić information content (AvgIpc) is 2.91. The number of aliphatic hydroxyl groups excluding tert-OH is 1. The fourth-order valence-electron chi connectivity index (χ4n) is 3.09. The van der Waals surface area contributed by atoms with E-state index in [4.69, 9.17) is 27.9 Å². The van der Waals surface area contributed by atoms with Crippen LogP contribution >= 0.6 is 23.2 Å². The molecule has 0 aromatic heterocycles. The molecule has 140 valence electrons. The second-order valence-corrected chi connectivity index (χ2v) is 6.92. The quantitative estimate of drug-likeness (QED) is 0.462. The predicted molar refractivity (Wildman–Crippen MR) is 104 cm³/mol. The first-order valence-corrected chi connectivity index (χ1v) is 8.98. The topological polar surface area (TPSA) is 66.8 Å². The highest BCUT2D eigenvalue weighted by molar-refractivity contribution is 6.46. The number of nitrogens with zero attached hydrogens (tertiary/aromatic N) is 1. The molecule has 5 nitrogen and oxygen atoms in total. The van der Waals surface area contributed by atoms with E-state index >= 15 is 0 Å². The van der Waals surface area contributed by atoms with E-state index in [-0.39, 0.29) is 24.5 Å². The third-order valence-electron chi connectivity index (χ3n) is 4.36. The number of benzene rings is 2. The Morgan fingerprint density at radius 1 is 1.11 bits per heavy atom. The summed E-state index contributed by atoms with van der Waals surface area (Å²) in [4.78, 5) is 26.7. The minimum absolute atomic E-state index is 0.0145. The smallest absolute Gasteiger partial charge is 0.295 e. The number of ketones is 1. The largest absolute Gasteiger partial charge is 0.507 e. The van der Waals surface area contributed by atoms with E-state index in [0.29, 0.717) is 21.2 Å². The van der Waals surface area contributed by atoms with Crippen LogP contribution in [-0.4, -0.2) is 42.0 Å². The number of carbonyl (C=O) groups excluding carboxylic acids is 2. The van der Waals surface area contributed by atoms with Gasteiger partial charge in [0.25, 0.3) is 11.7 Å². The highest BCUT2D eigenvalue weighted by Gasteiger charge is 2.45. The number of hydrogen-bond donors (Lipinski definition) is 1. The van der Waals surface area contributed by atoms with Crippen LogP contribution in [0.25, 0.3) is 5.76 Å². The molecule has 1 fully saturated rings. The molecule has 1 aliphatic rings. The maximum Gasteiger partial charge on any atom is 0.295 e. The van der Waals surface area contributed by atoms with Crippen molar-refractivity contribution in [2.75, 3.05) is 20.3 Å². The number of hydrogen-bond acceptors (Lipinski definition) is 4. The van der Waals surface area contributed by atoms with Gasteiger partial charge in [0.2, 0.25) is 0 Å². The first-order chi connectivity index (χ1) is 12.9. The van der Waals surface area contributed by atoms with Gasteiger partial charge >= 0.3 is 0 Å². The standard InChI is InChI=1S/C20H17Cl2NO4/c1-27-10-9-23-17(13-3-2-4-15(22)11-13)16(19(25)20(23)26)18(24)12-5-7-14(21)8-6-12/h2-8,11,17,24H,9-10H2,1H3/b18-16+. The maximum absolute atomic E-state index is 12.7. The number of likely N-dealkylation sites (tertiary alicyclic amines) is 1. The summed E-state index contributed by atoms with van der Waals surface area (Å²) in [5, 5.41) is 11.8. The van der Waals surface area contributed by atoms with Crippen LogP contribution in [0.15, 0.2) is 54.1 Å². The number of amides is 1. The van der Waals surface area contributed by atoms with Crippen molar-refractivity contribution in [3.05, 3.63) is 75.3 Å². The van der Waals surface area contributed by atoms with Crippen LogP contribution in [0.3, 0.4) is 0 Å². The summed E-state index contributed by atoms with van der Waals surface area (Å²) in [5.74, 6) is -1.69. The van der Waals surface area contributed by atoms with Crippen molar-refractivity contribution in [2.45, 2.75) is 6.04 Å². The van der Waals surface area contributed by atoms with E-state index in [1.807, 2.05) is 0 Å². The highest BCUT2D eigenvalue weighted by Crippen LogP contribution is 2.39. The molecule has 2 aromatic carbocycles. The Morgan fingerprint density at radius 2 is 1.81 bits per heavy atom. The number of Topliss-reactive ketones (excluding diaryl/α,β-unsaturated/α-hetero) is 1. The van der Waals surface area contributed by atoms with Gasteiger partial charge in [0.1, 0.15) is 5.76 Å². The summed E-state index contributed by atoms with van der Waals surface area (Å²) in [6, 6.07) is 12.5. The molecule has 0 bridgehead atoms. The van der Waals surface area contributed by atoms with Gasteiger partial charge in [-0.15, -0.1) is 0 Å². The number of aliphatic hydroxyl groups is 1. The van der Waals surface area contributed by atoms with Crippen molar-refractivity contribution in [1.82, 2.24) is 4.90 Å². The maximum atomic E-state index is 12.7. The minimum atomic E-state index is -0.755. The van der Waals surface area contributed by atoms with Crippen molar-refractivity contribution in [3.63, 3.8) is 0 Å². The second kappa shape index (κ2) is 8.13. The molecule has 3 rings (SSSR count). The molecular formula is C20H17Cl2NO4. The van der Waals surface area contributed by atoms with Gasteiger partial charge in [0.05, 0.1) is 18.2 Å². The molecule has 7 heteroatoms. The summed E-state index contributed by atoms with van der Waals surface area (Å²) in [6.07, 6.45) is 0. The van der Waals surface area contributed by atoms with Crippen molar-refractivity contribution in [3.8, 4) is 0 Å². The second-order valence-electron chi connectivity index (χ2n) is 6.05. The molecule has 1 saturated heterocycles. The molecule has 27 heavy (non-hydrogen) atoms. The molecule has 1 aliphatic heterocycles. The molecule has 0 spiro atoms. The van der Waals surface area contributed by atoms with Crippen LogP contribution in [0, 0.1) is 0 Å². The van der Waals surface area contributed by atoms with E-state index in [0.717, 1.165) is 0 Å². The van der Waals surface area contributed by atoms with Crippen molar-refractivity contribution >= 4 is 40.7 Å². The van der Waals surface area contributed by atoms with E-state index in [9.17, 15) is 14.7 Å². The summed E-state index contributed by atoms with van der Waals surface area (Å²) >= 11 is 12.0. The normalized spacial score (nSPS) is 18.9. The average molecular weight is 406 g/mol. The van der Waals surface area contributed by atoms with Crippen LogP contribution in [-0.2, 0) is 14.3 Å². The Kier molecular flexibility index (Phi) is 5.85. The van der Waals surface area contributed by atoms with Gasteiger partial charge < -0.3 is 14.7 Å². The van der Waals surface area contributed by atoms with Gasteiger partial charge in [-0.1, -0.05) is 35.3 Å². The number of halogens is 2. The SMILES string of the molecule is COCCN1C(=O)C(=O)/C(=C(/O)c2ccc(Cl)cc2)C1c1cccc(Cl)c1. The lowest BCUT2D eigenvalue weighted by Gasteiger charge is -2.25.